The van der Waals surface area contributed by atoms with Crippen LogP contribution in [0.2, 0.25) is 0 Å². The maximum atomic E-state index is 4.43. The van der Waals surface area contributed by atoms with Crippen LogP contribution in [0.15, 0.2) is 53.6 Å². The second-order valence-corrected chi connectivity index (χ2v) is 4.00. The van der Waals surface area contributed by atoms with E-state index in [0.717, 1.165) is 10.4 Å². The lowest BCUT2D eigenvalue weighted by atomic mass is 10.1. The molecular weight excluding hydrogens is 202 g/mol. The van der Waals surface area contributed by atoms with Crippen LogP contribution in [-0.2, 0) is 0 Å². The van der Waals surface area contributed by atoms with Gasteiger partial charge in [0.2, 0.25) is 0 Å². The van der Waals surface area contributed by atoms with Gasteiger partial charge in [0.25, 0.3) is 0 Å². The largest absolute Gasteiger partial charge is 0.254 e. The Balaban J connectivity index is 2.60. The molecule has 15 heavy (non-hydrogen) atoms. The van der Waals surface area contributed by atoms with Gasteiger partial charge in [-0.2, -0.15) is 0 Å². The van der Waals surface area contributed by atoms with Crippen molar-refractivity contribution in [1.82, 2.24) is 4.98 Å². The molecule has 1 heterocycles. The minimum atomic E-state index is 0.929. The SMILES string of the molecule is Sc1cccc2c1ncc1ccccc12. The molecule has 3 aromatic rings. The highest BCUT2D eigenvalue weighted by molar-refractivity contribution is 7.80. The van der Waals surface area contributed by atoms with E-state index in [0.29, 0.717) is 0 Å². The lowest BCUT2D eigenvalue weighted by Crippen LogP contribution is -1.82. The van der Waals surface area contributed by atoms with Crippen molar-refractivity contribution in [2.24, 2.45) is 0 Å². The zero-order valence-corrected chi connectivity index (χ0v) is 8.91. The summed E-state index contributed by atoms with van der Waals surface area (Å²) in [5.41, 5.74) is 0.972. The number of fused-ring (bicyclic) bond motifs is 3. The van der Waals surface area contributed by atoms with E-state index in [9.17, 15) is 0 Å². The number of benzene rings is 2. The van der Waals surface area contributed by atoms with Gasteiger partial charge in [0.05, 0.1) is 5.52 Å². The first-order valence-corrected chi connectivity index (χ1v) is 5.26. The normalized spacial score (nSPS) is 11.0. The van der Waals surface area contributed by atoms with Gasteiger partial charge in [-0.15, -0.1) is 12.6 Å². The van der Waals surface area contributed by atoms with Crippen molar-refractivity contribution in [3.63, 3.8) is 0 Å². The van der Waals surface area contributed by atoms with E-state index in [4.69, 9.17) is 0 Å². The molecule has 0 amide bonds. The van der Waals surface area contributed by atoms with Crippen LogP contribution in [-0.4, -0.2) is 4.98 Å². The average molecular weight is 211 g/mol. The van der Waals surface area contributed by atoms with Crippen molar-refractivity contribution in [2.45, 2.75) is 4.90 Å². The number of aromatic nitrogens is 1. The molecule has 0 unspecified atom stereocenters. The third kappa shape index (κ3) is 1.29. The predicted molar refractivity (Wildman–Crippen MR) is 66.5 cm³/mol. The Morgan fingerprint density at radius 1 is 0.867 bits per heavy atom. The number of rotatable bonds is 0. The molecule has 0 N–H and O–H groups in total. The van der Waals surface area contributed by atoms with E-state index in [1.54, 1.807) is 0 Å². The van der Waals surface area contributed by atoms with Crippen molar-refractivity contribution in [2.75, 3.05) is 0 Å². The zero-order valence-electron chi connectivity index (χ0n) is 8.01. The number of pyridine rings is 1. The van der Waals surface area contributed by atoms with Gasteiger partial charge in [-0.25, -0.2) is 0 Å². The van der Waals surface area contributed by atoms with Gasteiger partial charge in [-0.05, 0) is 11.5 Å². The molecule has 72 valence electrons. The summed E-state index contributed by atoms with van der Waals surface area (Å²) in [6.07, 6.45) is 1.90. The molecule has 0 saturated carbocycles. The summed E-state index contributed by atoms with van der Waals surface area (Å²) < 4.78 is 0. The van der Waals surface area contributed by atoms with Crippen molar-refractivity contribution in [1.29, 1.82) is 0 Å². The van der Waals surface area contributed by atoms with Gasteiger partial charge in [0, 0.05) is 21.9 Å². The first-order chi connectivity index (χ1) is 7.36. The maximum absolute atomic E-state index is 4.43. The Hall–Kier alpha value is -1.54. The summed E-state index contributed by atoms with van der Waals surface area (Å²) in [5.74, 6) is 0. The Morgan fingerprint density at radius 2 is 1.67 bits per heavy atom. The second-order valence-electron chi connectivity index (χ2n) is 3.52. The monoisotopic (exact) mass is 211 g/mol. The number of para-hydroxylation sites is 1. The summed E-state index contributed by atoms with van der Waals surface area (Å²) in [6, 6.07) is 14.3. The smallest absolute Gasteiger partial charge is 0.0841 e. The first-order valence-electron chi connectivity index (χ1n) is 4.82. The van der Waals surface area contributed by atoms with E-state index in [2.05, 4.69) is 35.8 Å². The Morgan fingerprint density at radius 3 is 2.60 bits per heavy atom. The quantitative estimate of drug-likeness (QED) is 0.442. The molecule has 0 bridgehead atoms. The molecule has 0 radical (unpaired) electrons. The maximum Gasteiger partial charge on any atom is 0.0841 e. The average Bonchev–Trinajstić information content (AvgIpc) is 2.29. The number of hydrogen-bond donors (Lipinski definition) is 1. The Kier molecular flexibility index (Phi) is 1.89. The Bertz CT molecular complexity index is 646. The molecular formula is C13H9NS. The van der Waals surface area contributed by atoms with Crippen molar-refractivity contribution in [3.05, 3.63) is 48.7 Å². The van der Waals surface area contributed by atoms with Gasteiger partial charge in [-0.1, -0.05) is 36.4 Å². The molecule has 2 aromatic carbocycles. The van der Waals surface area contributed by atoms with E-state index in [1.165, 1.54) is 16.2 Å². The molecule has 0 fully saturated rings. The van der Waals surface area contributed by atoms with Gasteiger partial charge >= 0.3 is 0 Å². The van der Waals surface area contributed by atoms with E-state index >= 15 is 0 Å². The Labute approximate surface area is 93.2 Å². The van der Waals surface area contributed by atoms with Crippen LogP contribution < -0.4 is 0 Å². The highest BCUT2D eigenvalue weighted by atomic mass is 32.1. The predicted octanol–water partition coefficient (Wildman–Crippen LogP) is 3.68. The van der Waals surface area contributed by atoms with Gasteiger partial charge in [0.15, 0.2) is 0 Å². The van der Waals surface area contributed by atoms with Gasteiger partial charge < -0.3 is 0 Å². The molecule has 1 aromatic heterocycles. The topological polar surface area (TPSA) is 12.9 Å². The van der Waals surface area contributed by atoms with Crippen LogP contribution in [0.4, 0.5) is 0 Å². The third-order valence-corrected chi connectivity index (χ3v) is 2.96. The fourth-order valence-corrected chi connectivity index (χ4v) is 2.14. The van der Waals surface area contributed by atoms with Crippen molar-refractivity contribution < 1.29 is 0 Å². The van der Waals surface area contributed by atoms with E-state index in [1.807, 2.05) is 30.5 Å². The number of nitrogens with zero attached hydrogens (tertiary/aromatic N) is 1. The lowest BCUT2D eigenvalue weighted by molar-refractivity contribution is 1.38. The van der Waals surface area contributed by atoms with E-state index < -0.39 is 0 Å². The highest BCUT2D eigenvalue weighted by Crippen LogP contribution is 2.26. The molecule has 0 atom stereocenters. The van der Waals surface area contributed by atoms with E-state index in [-0.39, 0.29) is 0 Å². The second kappa shape index (κ2) is 3.24. The summed E-state index contributed by atoms with van der Waals surface area (Å²) in [6.45, 7) is 0. The number of hydrogen-bond acceptors (Lipinski definition) is 2. The molecule has 2 heteroatoms. The zero-order chi connectivity index (χ0) is 10.3. The summed E-state index contributed by atoms with van der Waals surface area (Å²) in [4.78, 5) is 5.36. The van der Waals surface area contributed by atoms with Crippen LogP contribution in [0, 0.1) is 0 Å². The van der Waals surface area contributed by atoms with Crippen LogP contribution in [0.3, 0.4) is 0 Å². The van der Waals surface area contributed by atoms with Crippen LogP contribution >= 0.6 is 12.6 Å². The molecule has 0 saturated heterocycles. The van der Waals surface area contributed by atoms with Gasteiger partial charge in [-0.3, -0.25) is 4.98 Å². The third-order valence-electron chi connectivity index (χ3n) is 2.60. The molecule has 0 spiro atoms. The van der Waals surface area contributed by atoms with Crippen LogP contribution in [0.1, 0.15) is 0 Å². The van der Waals surface area contributed by atoms with Crippen molar-refractivity contribution in [3.8, 4) is 0 Å². The molecule has 0 aliphatic heterocycles. The standard InChI is InChI=1S/C13H9NS/c15-12-7-3-6-11-10-5-2-1-4-9(10)8-14-13(11)12/h1-8,15H. The minimum absolute atomic E-state index is 0.929. The number of thiol groups is 1. The summed E-state index contributed by atoms with van der Waals surface area (Å²) >= 11 is 4.41. The summed E-state index contributed by atoms with van der Waals surface area (Å²) in [5, 5.41) is 3.57. The minimum Gasteiger partial charge on any atom is -0.254 e. The fourth-order valence-electron chi connectivity index (χ4n) is 1.87. The highest BCUT2D eigenvalue weighted by Gasteiger charge is 2.02. The first kappa shape index (κ1) is 8.74. The fraction of sp³-hybridized carbons (Fsp3) is 0. The van der Waals surface area contributed by atoms with Crippen LogP contribution in [0.25, 0.3) is 21.7 Å². The molecule has 0 aliphatic rings. The van der Waals surface area contributed by atoms with Crippen molar-refractivity contribution >= 4 is 34.3 Å². The van der Waals surface area contributed by atoms with Crippen LogP contribution in [0.5, 0.6) is 0 Å². The molecule has 1 nitrogen and oxygen atoms in total. The molecule has 3 rings (SSSR count). The van der Waals surface area contributed by atoms with Gasteiger partial charge in [0.1, 0.15) is 0 Å². The molecule has 0 aliphatic carbocycles. The lowest BCUT2D eigenvalue weighted by Gasteiger charge is -2.04. The summed E-state index contributed by atoms with van der Waals surface area (Å²) in [7, 11) is 0.